The number of nitrogens with two attached hydrogens (primary N) is 1. The van der Waals surface area contributed by atoms with Crippen molar-refractivity contribution in [1.82, 2.24) is 9.88 Å². The largest absolute Gasteiger partial charge is 0.478 e. The van der Waals surface area contributed by atoms with E-state index in [1.807, 2.05) is 5.32 Å². The topological polar surface area (TPSA) is 175 Å². The van der Waals surface area contributed by atoms with Gasteiger partial charge >= 0.3 is 5.97 Å². The SMILES string of the molecule is Nc1c2c(cc(=O)n1-c1ccc([N+](=O)[O-])cc1C(=O)O)C(=O)NC2=O. The number of hydrogen-bond acceptors (Lipinski definition) is 7. The number of nitro groups is 1. The van der Waals surface area contributed by atoms with Crippen LogP contribution in [0, 0.1) is 10.1 Å². The second kappa shape index (κ2) is 5.26. The molecule has 25 heavy (non-hydrogen) atoms. The molecule has 0 fully saturated rings. The van der Waals surface area contributed by atoms with Crippen LogP contribution in [0.5, 0.6) is 0 Å². The molecule has 0 spiro atoms. The molecule has 11 nitrogen and oxygen atoms in total. The van der Waals surface area contributed by atoms with E-state index in [2.05, 4.69) is 0 Å². The minimum atomic E-state index is -1.54. The Hall–Kier alpha value is -4.02. The lowest BCUT2D eigenvalue weighted by Gasteiger charge is -2.13. The standard InChI is InChI=1S/C14H8N4O7/c15-11-10-7(12(20)16-13(10)21)4-9(19)17(11)8-2-1-5(18(24)25)3-6(8)14(22)23/h1-4H,15H2,(H,22,23)(H,16,20,21). The van der Waals surface area contributed by atoms with E-state index in [-0.39, 0.29) is 16.8 Å². The van der Waals surface area contributed by atoms with Crippen molar-refractivity contribution in [3.63, 3.8) is 0 Å². The number of nitrogens with zero attached hydrogens (tertiary/aromatic N) is 2. The molecule has 0 saturated carbocycles. The number of imide groups is 1. The summed E-state index contributed by atoms with van der Waals surface area (Å²) >= 11 is 0. The Kier molecular flexibility index (Phi) is 3.34. The number of carbonyl (C=O) groups is 3. The van der Waals surface area contributed by atoms with Crippen LogP contribution in [0.1, 0.15) is 31.1 Å². The maximum Gasteiger partial charge on any atom is 0.338 e. The number of carboxylic acids is 1. The molecule has 0 saturated heterocycles. The van der Waals surface area contributed by atoms with Crippen molar-refractivity contribution < 1.29 is 24.4 Å². The molecule has 1 aliphatic heterocycles. The quantitative estimate of drug-likeness (QED) is 0.393. The number of fused-ring (bicyclic) bond motifs is 1. The zero-order chi connectivity index (χ0) is 18.5. The average molecular weight is 344 g/mol. The molecule has 4 N–H and O–H groups in total. The molecule has 0 aliphatic carbocycles. The minimum absolute atomic E-state index is 0.220. The van der Waals surface area contributed by atoms with Gasteiger partial charge in [0.15, 0.2) is 0 Å². The number of benzene rings is 1. The number of aromatic carboxylic acids is 1. The van der Waals surface area contributed by atoms with Gasteiger partial charge < -0.3 is 10.8 Å². The molecule has 0 radical (unpaired) electrons. The Balaban J connectivity index is 2.36. The van der Waals surface area contributed by atoms with E-state index < -0.39 is 45.3 Å². The summed E-state index contributed by atoms with van der Waals surface area (Å²) in [5, 5.41) is 22.1. The molecule has 0 bridgehead atoms. The van der Waals surface area contributed by atoms with Crippen LogP contribution in [0.4, 0.5) is 11.5 Å². The highest BCUT2D eigenvalue weighted by Gasteiger charge is 2.32. The number of non-ortho nitro benzene ring substituents is 1. The molecule has 1 aliphatic rings. The zero-order valence-electron chi connectivity index (χ0n) is 12.2. The molecule has 3 rings (SSSR count). The van der Waals surface area contributed by atoms with Crippen molar-refractivity contribution in [2.45, 2.75) is 0 Å². The normalized spacial score (nSPS) is 12.6. The Bertz CT molecular complexity index is 1050. The number of hydrogen-bond donors (Lipinski definition) is 3. The van der Waals surface area contributed by atoms with Crippen molar-refractivity contribution in [2.75, 3.05) is 5.73 Å². The van der Waals surface area contributed by atoms with Gasteiger partial charge in [-0.2, -0.15) is 0 Å². The summed E-state index contributed by atoms with van der Waals surface area (Å²) in [6.45, 7) is 0. The third kappa shape index (κ3) is 2.30. The highest BCUT2D eigenvalue weighted by Crippen LogP contribution is 2.26. The number of aromatic nitrogens is 1. The second-order valence-electron chi connectivity index (χ2n) is 5.04. The number of anilines is 1. The summed E-state index contributed by atoms with van der Waals surface area (Å²) in [6, 6.07) is 3.63. The molecular weight excluding hydrogens is 336 g/mol. The summed E-state index contributed by atoms with van der Waals surface area (Å²) in [4.78, 5) is 57.2. The first-order valence-corrected chi connectivity index (χ1v) is 6.65. The summed E-state index contributed by atoms with van der Waals surface area (Å²) in [5.74, 6) is -3.60. The molecule has 126 valence electrons. The minimum Gasteiger partial charge on any atom is -0.478 e. The van der Waals surface area contributed by atoms with Gasteiger partial charge in [-0.25, -0.2) is 4.79 Å². The Labute approximate surface area is 137 Å². The lowest BCUT2D eigenvalue weighted by Crippen LogP contribution is -2.25. The number of carbonyl (C=O) groups excluding carboxylic acids is 2. The monoisotopic (exact) mass is 344 g/mol. The summed E-state index contributed by atoms with van der Waals surface area (Å²) in [6.07, 6.45) is 0. The van der Waals surface area contributed by atoms with Gasteiger partial charge in [-0.05, 0) is 6.07 Å². The highest BCUT2D eigenvalue weighted by molar-refractivity contribution is 6.23. The van der Waals surface area contributed by atoms with Gasteiger partial charge in [-0.3, -0.25) is 34.4 Å². The Morgan fingerprint density at radius 2 is 1.88 bits per heavy atom. The van der Waals surface area contributed by atoms with E-state index in [1.165, 1.54) is 0 Å². The van der Waals surface area contributed by atoms with Crippen molar-refractivity contribution in [3.05, 3.63) is 61.4 Å². The molecule has 2 heterocycles. The van der Waals surface area contributed by atoms with Gasteiger partial charge in [-0.15, -0.1) is 0 Å². The van der Waals surface area contributed by atoms with Crippen molar-refractivity contribution in [3.8, 4) is 5.69 Å². The van der Waals surface area contributed by atoms with Crippen LogP contribution in [-0.4, -0.2) is 32.4 Å². The highest BCUT2D eigenvalue weighted by atomic mass is 16.6. The first-order chi connectivity index (χ1) is 11.7. The predicted molar refractivity (Wildman–Crippen MR) is 81.9 cm³/mol. The van der Waals surface area contributed by atoms with Gasteiger partial charge in [0.2, 0.25) is 0 Å². The van der Waals surface area contributed by atoms with Gasteiger partial charge in [-0.1, -0.05) is 0 Å². The van der Waals surface area contributed by atoms with Crippen molar-refractivity contribution >= 4 is 29.3 Å². The van der Waals surface area contributed by atoms with E-state index in [4.69, 9.17) is 5.73 Å². The number of amides is 2. The number of pyridine rings is 1. The molecule has 2 aromatic rings. The number of carboxylic acid groups (broad SMARTS) is 1. The van der Waals surface area contributed by atoms with Crippen LogP contribution < -0.4 is 16.6 Å². The lowest BCUT2D eigenvalue weighted by atomic mass is 10.1. The van der Waals surface area contributed by atoms with Crippen molar-refractivity contribution in [2.24, 2.45) is 0 Å². The molecule has 0 atom stereocenters. The van der Waals surface area contributed by atoms with Gasteiger partial charge in [0.05, 0.1) is 27.3 Å². The van der Waals surface area contributed by atoms with E-state index in [9.17, 15) is 34.4 Å². The van der Waals surface area contributed by atoms with Crippen LogP contribution in [-0.2, 0) is 0 Å². The number of nitrogens with one attached hydrogen (secondary N) is 1. The summed E-state index contributed by atoms with van der Waals surface area (Å²) in [7, 11) is 0. The molecule has 1 aromatic carbocycles. The maximum absolute atomic E-state index is 12.3. The molecule has 2 amide bonds. The van der Waals surface area contributed by atoms with E-state index in [1.54, 1.807) is 0 Å². The third-order valence-electron chi connectivity index (χ3n) is 3.62. The van der Waals surface area contributed by atoms with E-state index >= 15 is 0 Å². The van der Waals surface area contributed by atoms with E-state index in [0.29, 0.717) is 4.57 Å². The van der Waals surface area contributed by atoms with Gasteiger partial charge in [0.25, 0.3) is 23.1 Å². The molecule has 1 aromatic heterocycles. The van der Waals surface area contributed by atoms with Gasteiger partial charge in [0, 0.05) is 18.2 Å². The van der Waals surface area contributed by atoms with Crippen LogP contribution >= 0.6 is 0 Å². The number of nitrogen functional groups attached to an aromatic ring is 1. The first kappa shape index (κ1) is 15.9. The van der Waals surface area contributed by atoms with Crippen molar-refractivity contribution in [1.29, 1.82) is 0 Å². The van der Waals surface area contributed by atoms with Crippen LogP contribution in [0.15, 0.2) is 29.1 Å². The third-order valence-corrected chi connectivity index (χ3v) is 3.62. The molecule has 11 heteroatoms. The fraction of sp³-hybridized carbons (Fsp3) is 0. The summed E-state index contributed by atoms with van der Waals surface area (Å²) in [5.41, 5.74) is 3.13. The van der Waals surface area contributed by atoms with Crippen LogP contribution in [0.25, 0.3) is 5.69 Å². The smallest absolute Gasteiger partial charge is 0.338 e. The lowest BCUT2D eigenvalue weighted by molar-refractivity contribution is -0.384. The maximum atomic E-state index is 12.3. The predicted octanol–water partition coefficient (Wildman–Crippen LogP) is -0.0903. The summed E-state index contributed by atoms with van der Waals surface area (Å²) < 4.78 is 0.712. The zero-order valence-corrected chi connectivity index (χ0v) is 12.2. The average Bonchev–Trinajstić information content (AvgIpc) is 2.81. The first-order valence-electron chi connectivity index (χ1n) is 6.65. The number of nitro benzene ring substituents is 1. The fourth-order valence-electron chi connectivity index (χ4n) is 2.53. The Morgan fingerprint density at radius 1 is 1.20 bits per heavy atom. The Morgan fingerprint density at radius 3 is 2.48 bits per heavy atom. The van der Waals surface area contributed by atoms with E-state index in [0.717, 1.165) is 24.3 Å². The second-order valence-corrected chi connectivity index (χ2v) is 5.04. The molecule has 0 unspecified atom stereocenters. The molecular formula is C14H8N4O7. The number of rotatable bonds is 3. The van der Waals surface area contributed by atoms with Crippen LogP contribution in [0.3, 0.4) is 0 Å². The van der Waals surface area contributed by atoms with Crippen LogP contribution in [0.2, 0.25) is 0 Å². The van der Waals surface area contributed by atoms with Gasteiger partial charge in [0.1, 0.15) is 5.82 Å². The fourth-order valence-corrected chi connectivity index (χ4v) is 2.53.